The lowest BCUT2D eigenvalue weighted by Crippen LogP contribution is -2.59. The van der Waals surface area contributed by atoms with E-state index in [4.69, 9.17) is 9.47 Å². The first kappa shape index (κ1) is 36.9. The minimum absolute atomic E-state index is 0.0612. The van der Waals surface area contributed by atoms with Gasteiger partial charge in [0.15, 0.2) is 17.5 Å². The van der Waals surface area contributed by atoms with Crippen molar-refractivity contribution in [3.63, 3.8) is 0 Å². The van der Waals surface area contributed by atoms with Crippen LogP contribution in [0, 0.1) is 22.9 Å². The predicted octanol–water partition coefficient (Wildman–Crippen LogP) is 4.47. The van der Waals surface area contributed by atoms with Gasteiger partial charge in [0.05, 0.1) is 18.4 Å². The Bertz CT molecular complexity index is 1420. The van der Waals surface area contributed by atoms with Crippen molar-refractivity contribution >= 4 is 17.7 Å². The SMILES string of the molecule is CO[C@@H]1[C@@H](n2cc(-c3cc(F)c(F)c(F)c3)nn2)[C@@H](O)[C@@H](CO)O[C@H]1SC(C(=O)N(C)C1CCC(C)(C)CC1)C1(O)CCC(F)(F)CC1. The summed E-state index contributed by atoms with van der Waals surface area (Å²) in [5, 5.41) is 40.0. The van der Waals surface area contributed by atoms with E-state index in [2.05, 4.69) is 24.2 Å². The topological polar surface area (TPSA) is 130 Å². The van der Waals surface area contributed by atoms with Gasteiger partial charge in [-0.3, -0.25) is 4.79 Å². The second-order valence-electron chi connectivity index (χ2n) is 14.1. The number of aromatic nitrogens is 3. The Balaban J connectivity index is 1.46. The van der Waals surface area contributed by atoms with E-state index in [-0.39, 0.29) is 35.6 Å². The van der Waals surface area contributed by atoms with Crippen LogP contribution in [-0.4, -0.2) is 108 Å². The third kappa shape index (κ3) is 7.53. The molecule has 2 aromatic rings. The summed E-state index contributed by atoms with van der Waals surface area (Å²) in [7, 11) is 2.96. The number of halogens is 5. The van der Waals surface area contributed by atoms with Crippen LogP contribution in [0.4, 0.5) is 22.0 Å². The van der Waals surface area contributed by atoms with Gasteiger partial charge in [-0.15, -0.1) is 16.9 Å². The van der Waals surface area contributed by atoms with Crippen LogP contribution in [0.15, 0.2) is 18.3 Å². The molecule has 3 N–H and O–H groups in total. The lowest BCUT2D eigenvalue weighted by molar-refractivity contribution is -0.186. The van der Waals surface area contributed by atoms with Crippen LogP contribution < -0.4 is 0 Å². The molecule has 2 aliphatic carbocycles. The second-order valence-corrected chi connectivity index (χ2v) is 15.3. The first-order valence-corrected chi connectivity index (χ1v) is 17.0. The predicted molar refractivity (Wildman–Crippen MR) is 165 cm³/mol. The molecule has 2 heterocycles. The number of methoxy groups -OCH3 is 1. The number of carbonyl (C=O) groups excluding carboxylic acids is 1. The standard InChI is InChI=1S/C32H43F5N4O6S/c1-30(2)7-5-18(6-8-30)40(3)28(44)27(31(45)9-11-32(36,37)12-10-31)48-29-26(46-4)24(25(43)22(16-42)47-29)41-15-21(38-39-41)17-13-19(33)23(35)20(34)14-17/h13-15,18,22,24-27,29,42-43,45H,5-12,16H2,1-4H3/t22-,24+,25+,26-,27?,29+/m1/s1. The molecule has 16 heteroatoms. The summed E-state index contributed by atoms with van der Waals surface area (Å²) in [6.45, 7) is 3.65. The van der Waals surface area contributed by atoms with Crippen molar-refractivity contribution in [1.82, 2.24) is 19.9 Å². The van der Waals surface area contributed by atoms with E-state index in [1.165, 1.54) is 13.3 Å². The molecule has 5 rings (SSSR count). The zero-order valence-corrected chi connectivity index (χ0v) is 28.1. The highest BCUT2D eigenvalue weighted by atomic mass is 32.2. The Morgan fingerprint density at radius 1 is 1.12 bits per heavy atom. The average Bonchev–Trinajstić information content (AvgIpc) is 3.53. The van der Waals surface area contributed by atoms with Crippen molar-refractivity contribution in [3.05, 3.63) is 35.8 Å². The zero-order chi connectivity index (χ0) is 35.2. The number of benzene rings is 1. The smallest absolute Gasteiger partial charge is 0.248 e. The van der Waals surface area contributed by atoms with E-state index in [0.29, 0.717) is 0 Å². The normalized spacial score (nSPS) is 29.4. The molecule has 48 heavy (non-hydrogen) atoms. The lowest BCUT2D eigenvalue weighted by Gasteiger charge is -2.48. The number of hydrogen-bond donors (Lipinski definition) is 3. The van der Waals surface area contributed by atoms with Crippen LogP contribution in [0.3, 0.4) is 0 Å². The number of rotatable bonds is 9. The third-order valence-corrected chi connectivity index (χ3v) is 11.8. The first-order valence-electron chi connectivity index (χ1n) is 16.1. The molecule has 2 saturated carbocycles. The van der Waals surface area contributed by atoms with Gasteiger partial charge in [0.25, 0.3) is 0 Å². The largest absolute Gasteiger partial charge is 0.394 e. The number of aliphatic hydroxyl groups is 3. The fourth-order valence-corrected chi connectivity index (χ4v) is 8.65. The summed E-state index contributed by atoms with van der Waals surface area (Å²) in [5.41, 5.74) is -3.04. The maximum Gasteiger partial charge on any atom is 0.248 e. The molecule has 3 fully saturated rings. The van der Waals surface area contributed by atoms with E-state index in [0.717, 1.165) is 54.3 Å². The number of hydrogen-bond acceptors (Lipinski definition) is 9. The summed E-state index contributed by atoms with van der Waals surface area (Å²) < 4.78 is 83.1. The highest BCUT2D eigenvalue weighted by Gasteiger charge is 2.55. The molecule has 268 valence electrons. The van der Waals surface area contributed by atoms with Crippen molar-refractivity contribution < 1.29 is 51.5 Å². The molecule has 1 aromatic heterocycles. The molecule has 1 amide bonds. The van der Waals surface area contributed by atoms with Gasteiger partial charge in [-0.25, -0.2) is 26.6 Å². The van der Waals surface area contributed by atoms with Gasteiger partial charge >= 0.3 is 0 Å². The molecule has 0 spiro atoms. The summed E-state index contributed by atoms with van der Waals surface area (Å²) in [6.07, 6.45) is -1.23. The molecule has 1 unspecified atom stereocenters. The Morgan fingerprint density at radius 2 is 1.73 bits per heavy atom. The first-order chi connectivity index (χ1) is 22.5. The molecule has 1 aromatic carbocycles. The van der Waals surface area contributed by atoms with Crippen LogP contribution in [0.5, 0.6) is 0 Å². The fraction of sp³-hybridized carbons (Fsp3) is 0.719. The Morgan fingerprint density at radius 3 is 2.29 bits per heavy atom. The van der Waals surface area contributed by atoms with Gasteiger partial charge in [-0.1, -0.05) is 19.1 Å². The number of carbonyl (C=O) groups is 1. The molecule has 1 saturated heterocycles. The summed E-state index contributed by atoms with van der Waals surface area (Å²) in [6, 6.07) is 0.214. The second kappa shape index (κ2) is 14.1. The van der Waals surface area contributed by atoms with Crippen molar-refractivity contribution in [2.75, 3.05) is 20.8 Å². The van der Waals surface area contributed by atoms with Crippen molar-refractivity contribution in [3.8, 4) is 11.3 Å². The molecule has 6 atom stereocenters. The molecular weight excluding hydrogens is 663 g/mol. The summed E-state index contributed by atoms with van der Waals surface area (Å²) in [5.74, 6) is -7.97. The van der Waals surface area contributed by atoms with Crippen molar-refractivity contribution in [2.24, 2.45) is 5.41 Å². The summed E-state index contributed by atoms with van der Waals surface area (Å²) in [4.78, 5) is 15.9. The van der Waals surface area contributed by atoms with Gasteiger partial charge in [-0.2, -0.15) is 0 Å². The lowest BCUT2D eigenvalue weighted by atomic mass is 9.75. The van der Waals surface area contributed by atoms with E-state index >= 15 is 0 Å². The van der Waals surface area contributed by atoms with Gasteiger partial charge in [-0.05, 0) is 56.1 Å². The monoisotopic (exact) mass is 706 g/mol. The molecule has 1 aliphatic heterocycles. The van der Waals surface area contributed by atoms with E-state index in [9.17, 15) is 42.1 Å². The van der Waals surface area contributed by atoms with Crippen LogP contribution in [0.25, 0.3) is 11.3 Å². The quantitative estimate of drug-likeness (QED) is 0.256. The van der Waals surface area contributed by atoms with Crippen LogP contribution in [0.2, 0.25) is 0 Å². The maximum absolute atomic E-state index is 14.3. The molecular formula is C32H43F5N4O6S. The van der Waals surface area contributed by atoms with Gasteiger partial charge in [0.2, 0.25) is 11.8 Å². The Kier molecular flexibility index (Phi) is 10.8. The highest BCUT2D eigenvalue weighted by Crippen LogP contribution is 2.48. The minimum atomic E-state index is -2.99. The molecule has 0 radical (unpaired) electrons. The van der Waals surface area contributed by atoms with Crippen molar-refractivity contribution in [1.29, 1.82) is 0 Å². The van der Waals surface area contributed by atoms with Crippen LogP contribution in [0.1, 0.15) is 71.3 Å². The van der Waals surface area contributed by atoms with Gasteiger partial charge in [0, 0.05) is 38.6 Å². The number of alkyl halides is 2. The Hall–Kier alpha value is -2.37. The van der Waals surface area contributed by atoms with E-state index in [1.54, 1.807) is 11.9 Å². The minimum Gasteiger partial charge on any atom is -0.394 e. The summed E-state index contributed by atoms with van der Waals surface area (Å²) >= 11 is 0.874. The van der Waals surface area contributed by atoms with E-state index < -0.39 is 89.4 Å². The third-order valence-electron chi connectivity index (χ3n) is 10.2. The molecule has 0 bridgehead atoms. The van der Waals surface area contributed by atoms with Crippen molar-refractivity contribution in [2.45, 2.75) is 118 Å². The van der Waals surface area contributed by atoms with Crippen LogP contribution >= 0.6 is 11.8 Å². The van der Waals surface area contributed by atoms with Crippen LogP contribution in [-0.2, 0) is 14.3 Å². The number of aliphatic hydroxyl groups excluding tert-OH is 2. The average molecular weight is 707 g/mol. The molecule has 3 aliphatic rings. The van der Waals surface area contributed by atoms with E-state index in [1.807, 2.05) is 0 Å². The highest BCUT2D eigenvalue weighted by molar-refractivity contribution is 8.01. The van der Waals surface area contributed by atoms with Gasteiger partial charge < -0.3 is 29.7 Å². The molecule has 10 nitrogen and oxygen atoms in total. The number of nitrogens with zero attached hydrogens (tertiary/aromatic N) is 4. The number of ether oxygens (including phenoxy) is 2. The van der Waals surface area contributed by atoms with Gasteiger partial charge in [0.1, 0.15) is 40.7 Å². The number of amides is 1. The Labute approximate surface area is 280 Å². The maximum atomic E-state index is 14.3. The fourth-order valence-electron chi connectivity index (χ4n) is 6.98. The zero-order valence-electron chi connectivity index (χ0n) is 27.3. The number of thioether (sulfide) groups is 1.